The van der Waals surface area contributed by atoms with Crippen molar-refractivity contribution in [3.05, 3.63) is 34.6 Å². The fourth-order valence-corrected chi connectivity index (χ4v) is 4.32. The Kier molecular flexibility index (Phi) is 3.49. The third kappa shape index (κ3) is 1.85. The molecule has 0 N–H and O–H groups in total. The van der Waals surface area contributed by atoms with E-state index in [1.54, 1.807) is 14.2 Å². The Morgan fingerprint density at radius 3 is 2.40 bits per heavy atom. The van der Waals surface area contributed by atoms with Gasteiger partial charge in [-0.15, -0.1) is 0 Å². The minimum absolute atomic E-state index is 0.619. The molecule has 1 aromatic rings. The molecule has 1 fully saturated rings. The van der Waals surface area contributed by atoms with E-state index in [-0.39, 0.29) is 0 Å². The predicted octanol–water partition coefficient (Wildman–Crippen LogP) is 4.59. The first-order chi connectivity index (χ1) is 9.69. The molecule has 20 heavy (non-hydrogen) atoms. The van der Waals surface area contributed by atoms with E-state index in [2.05, 4.69) is 19.9 Å². The average molecular weight is 272 g/mol. The zero-order valence-electron chi connectivity index (χ0n) is 13.0. The van der Waals surface area contributed by atoms with E-state index >= 15 is 0 Å². The smallest absolute Gasteiger partial charge is 0.129 e. The number of benzene rings is 1. The van der Waals surface area contributed by atoms with Crippen molar-refractivity contribution >= 4 is 5.57 Å². The SMILES string of the molecule is COC=C1c2c(OC)c(C)cc(C)c2C2CCCCC12. The molecule has 2 nitrogen and oxygen atoms in total. The van der Waals surface area contributed by atoms with Gasteiger partial charge in [0.2, 0.25) is 0 Å². The van der Waals surface area contributed by atoms with Crippen LogP contribution in [0.4, 0.5) is 0 Å². The minimum Gasteiger partial charge on any atom is -0.504 e. The van der Waals surface area contributed by atoms with Gasteiger partial charge in [-0.25, -0.2) is 0 Å². The van der Waals surface area contributed by atoms with Crippen LogP contribution in [0.3, 0.4) is 0 Å². The summed E-state index contributed by atoms with van der Waals surface area (Å²) in [5, 5.41) is 0. The van der Waals surface area contributed by atoms with Crippen molar-refractivity contribution < 1.29 is 9.47 Å². The van der Waals surface area contributed by atoms with Crippen molar-refractivity contribution in [2.24, 2.45) is 5.92 Å². The highest BCUT2D eigenvalue weighted by Crippen LogP contribution is 2.56. The molecule has 1 aromatic carbocycles. The number of ether oxygens (including phenoxy) is 2. The van der Waals surface area contributed by atoms with Gasteiger partial charge in [0.25, 0.3) is 0 Å². The van der Waals surface area contributed by atoms with Crippen LogP contribution in [0.5, 0.6) is 5.75 Å². The van der Waals surface area contributed by atoms with E-state index in [1.807, 2.05) is 6.26 Å². The van der Waals surface area contributed by atoms with Crippen LogP contribution in [0.1, 0.15) is 53.9 Å². The number of allylic oxidation sites excluding steroid dienone is 1. The van der Waals surface area contributed by atoms with Gasteiger partial charge in [0.1, 0.15) is 5.75 Å². The fraction of sp³-hybridized carbons (Fsp3) is 0.556. The summed E-state index contributed by atoms with van der Waals surface area (Å²) < 4.78 is 11.1. The molecule has 0 aromatic heterocycles. The van der Waals surface area contributed by atoms with Crippen molar-refractivity contribution in [2.45, 2.75) is 45.4 Å². The van der Waals surface area contributed by atoms with Gasteiger partial charge >= 0.3 is 0 Å². The Labute approximate surface area is 121 Å². The first kappa shape index (κ1) is 13.5. The highest BCUT2D eigenvalue weighted by atomic mass is 16.5. The molecule has 3 rings (SSSR count). The molecule has 2 aliphatic rings. The molecule has 2 aliphatic carbocycles. The molecule has 2 heteroatoms. The molecule has 0 aliphatic heterocycles. The Morgan fingerprint density at radius 2 is 1.75 bits per heavy atom. The predicted molar refractivity (Wildman–Crippen MR) is 82.2 cm³/mol. The van der Waals surface area contributed by atoms with Crippen molar-refractivity contribution in [3.8, 4) is 5.75 Å². The third-order valence-corrected chi connectivity index (χ3v) is 4.99. The summed E-state index contributed by atoms with van der Waals surface area (Å²) in [5.74, 6) is 2.33. The van der Waals surface area contributed by atoms with E-state index in [9.17, 15) is 0 Å². The zero-order chi connectivity index (χ0) is 14.3. The normalized spacial score (nSPS) is 26.3. The lowest BCUT2D eigenvalue weighted by atomic mass is 9.78. The van der Waals surface area contributed by atoms with Gasteiger partial charge in [-0.1, -0.05) is 18.9 Å². The van der Waals surface area contributed by atoms with Crippen LogP contribution in [-0.4, -0.2) is 14.2 Å². The molecule has 0 spiro atoms. The van der Waals surface area contributed by atoms with E-state index in [4.69, 9.17) is 9.47 Å². The third-order valence-electron chi connectivity index (χ3n) is 4.99. The lowest BCUT2D eigenvalue weighted by Crippen LogP contribution is -2.13. The van der Waals surface area contributed by atoms with Gasteiger partial charge in [-0.2, -0.15) is 0 Å². The number of hydrogen-bond donors (Lipinski definition) is 0. The maximum atomic E-state index is 5.73. The van der Waals surface area contributed by atoms with Gasteiger partial charge in [-0.3, -0.25) is 0 Å². The van der Waals surface area contributed by atoms with Gasteiger partial charge in [0, 0.05) is 11.1 Å². The molecule has 0 bridgehead atoms. The average Bonchev–Trinajstić information content (AvgIpc) is 2.75. The summed E-state index contributed by atoms with van der Waals surface area (Å²) in [5.41, 5.74) is 6.83. The van der Waals surface area contributed by atoms with Crippen molar-refractivity contribution in [3.63, 3.8) is 0 Å². The number of methoxy groups -OCH3 is 2. The van der Waals surface area contributed by atoms with Crippen LogP contribution in [0, 0.1) is 19.8 Å². The maximum absolute atomic E-state index is 5.73. The molecule has 1 saturated carbocycles. The highest BCUT2D eigenvalue weighted by Gasteiger charge is 2.41. The summed E-state index contributed by atoms with van der Waals surface area (Å²) in [4.78, 5) is 0. The van der Waals surface area contributed by atoms with Crippen molar-refractivity contribution in [2.75, 3.05) is 14.2 Å². The van der Waals surface area contributed by atoms with Gasteiger partial charge in [0.15, 0.2) is 0 Å². The second kappa shape index (κ2) is 5.16. The van der Waals surface area contributed by atoms with Gasteiger partial charge in [0.05, 0.1) is 20.5 Å². The molecule has 2 atom stereocenters. The van der Waals surface area contributed by atoms with Crippen LogP contribution in [0.25, 0.3) is 5.57 Å². The second-order valence-corrected chi connectivity index (χ2v) is 6.14. The number of rotatable bonds is 2. The lowest BCUT2D eigenvalue weighted by Gasteiger charge is -2.26. The largest absolute Gasteiger partial charge is 0.504 e. The summed E-state index contributed by atoms with van der Waals surface area (Å²) in [6, 6.07) is 2.28. The molecular formula is C18H24O2. The zero-order valence-corrected chi connectivity index (χ0v) is 13.0. The summed E-state index contributed by atoms with van der Waals surface area (Å²) in [6.45, 7) is 4.38. The summed E-state index contributed by atoms with van der Waals surface area (Å²) >= 11 is 0. The standard InChI is InChI=1S/C18H24O2/c1-11-9-12(2)18(20-4)17-15(10-19-3)13-7-5-6-8-14(13)16(11)17/h9-10,13-14H,5-8H2,1-4H3. The maximum Gasteiger partial charge on any atom is 0.129 e. The van der Waals surface area contributed by atoms with Crippen LogP contribution in [-0.2, 0) is 4.74 Å². The molecule has 108 valence electrons. The van der Waals surface area contributed by atoms with Crippen LogP contribution in [0.15, 0.2) is 12.3 Å². The Bertz CT molecular complexity index is 557. The van der Waals surface area contributed by atoms with Crippen LogP contribution >= 0.6 is 0 Å². The molecule has 0 amide bonds. The molecule has 2 unspecified atom stereocenters. The van der Waals surface area contributed by atoms with E-state index in [0.29, 0.717) is 11.8 Å². The van der Waals surface area contributed by atoms with Crippen LogP contribution in [0.2, 0.25) is 0 Å². The van der Waals surface area contributed by atoms with Crippen molar-refractivity contribution in [1.82, 2.24) is 0 Å². The highest BCUT2D eigenvalue weighted by molar-refractivity contribution is 5.82. The Morgan fingerprint density at radius 1 is 1.05 bits per heavy atom. The molecule has 0 radical (unpaired) electrons. The van der Waals surface area contributed by atoms with Crippen molar-refractivity contribution in [1.29, 1.82) is 0 Å². The quantitative estimate of drug-likeness (QED) is 0.733. The second-order valence-electron chi connectivity index (χ2n) is 6.14. The Balaban J connectivity index is 2.26. The summed E-state index contributed by atoms with van der Waals surface area (Å²) in [6.07, 6.45) is 7.20. The number of fused-ring (bicyclic) bond motifs is 3. The lowest BCUT2D eigenvalue weighted by molar-refractivity contribution is 0.329. The topological polar surface area (TPSA) is 18.5 Å². The fourth-order valence-electron chi connectivity index (χ4n) is 4.32. The van der Waals surface area contributed by atoms with Gasteiger partial charge in [-0.05, 0) is 55.2 Å². The van der Waals surface area contributed by atoms with E-state index in [1.165, 1.54) is 53.5 Å². The summed E-state index contributed by atoms with van der Waals surface area (Å²) in [7, 11) is 3.53. The molecule has 0 saturated heterocycles. The van der Waals surface area contributed by atoms with E-state index < -0.39 is 0 Å². The Hall–Kier alpha value is -1.44. The first-order valence-electron chi connectivity index (χ1n) is 7.60. The van der Waals surface area contributed by atoms with Gasteiger partial charge < -0.3 is 9.47 Å². The first-order valence-corrected chi connectivity index (χ1v) is 7.60. The van der Waals surface area contributed by atoms with E-state index in [0.717, 1.165) is 5.75 Å². The number of aryl methyl sites for hydroxylation is 2. The molecular weight excluding hydrogens is 248 g/mol. The monoisotopic (exact) mass is 272 g/mol. The minimum atomic E-state index is 0.619. The molecule has 0 heterocycles. The number of hydrogen-bond acceptors (Lipinski definition) is 2. The van der Waals surface area contributed by atoms with Crippen LogP contribution < -0.4 is 4.74 Å².